The van der Waals surface area contributed by atoms with Gasteiger partial charge in [-0.3, -0.25) is 29.4 Å². The smallest absolute Gasteiger partial charge is 0.346 e. The highest BCUT2D eigenvalue weighted by Crippen LogP contribution is 2.36. The Kier molecular flexibility index (Phi) is 8.53. The number of thioether (sulfide) groups is 1. The molecule has 0 radical (unpaired) electrons. The molecule has 0 saturated carbocycles. The van der Waals surface area contributed by atoms with Crippen LogP contribution >= 0.6 is 11.8 Å². The molecule has 1 heterocycles. The molecule has 0 unspecified atom stereocenters. The van der Waals surface area contributed by atoms with Gasteiger partial charge in [-0.1, -0.05) is 18.2 Å². The van der Waals surface area contributed by atoms with E-state index in [1.807, 2.05) is 5.32 Å². The van der Waals surface area contributed by atoms with Crippen molar-refractivity contribution in [1.29, 1.82) is 0 Å². The molecule has 3 aromatic rings. The molecule has 12 nitrogen and oxygen atoms in total. The second kappa shape index (κ2) is 11.9. The third-order valence-electron chi connectivity index (χ3n) is 5.50. The minimum atomic E-state index is -4.67. The number of nitrogens with one attached hydrogen (secondary N) is 1. The first-order valence-corrected chi connectivity index (χ1v) is 13.6. The lowest BCUT2D eigenvalue weighted by Crippen LogP contribution is -2.36. The maximum Gasteiger partial charge on any atom is 0.346 e. The third-order valence-corrected chi connectivity index (χ3v) is 7.69. The zero-order valence-electron chi connectivity index (χ0n) is 21.0. The van der Waals surface area contributed by atoms with Crippen LogP contribution in [-0.4, -0.2) is 48.9 Å². The van der Waals surface area contributed by atoms with E-state index in [1.54, 1.807) is 0 Å². The van der Waals surface area contributed by atoms with E-state index < -0.39 is 72.4 Å². The number of carbonyl (C=O) groups excluding carboxylic acids is 3. The number of amides is 3. The average molecular weight is 624 g/mol. The summed E-state index contributed by atoms with van der Waals surface area (Å²) < 4.78 is 76.1. The van der Waals surface area contributed by atoms with E-state index >= 15 is 0 Å². The van der Waals surface area contributed by atoms with Crippen molar-refractivity contribution in [2.24, 2.45) is 0 Å². The van der Waals surface area contributed by atoms with Crippen LogP contribution in [0.25, 0.3) is 6.08 Å². The number of nitrogens with zero attached hydrogens (tertiary/aromatic N) is 2. The van der Waals surface area contributed by atoms with E-state index in [2.05, 4.69) is 0 Å². The van der Waals surface area contributed by atoms with Crippen molar-refractivity contribution < 1.29 is 49.8 Å². The second-order valence-electron chi connectivity index (χ2n) is 8.21. The lowest BCUT2D eigenvalue weighted by molar-refractivity contribution is -0.387. The lowest BCUT2D eigenvalue weighted by atomic mass is 10.2. The first-order valence-electron chi connectivity index (χ1n) is 11.4. The number of nitro benzene ring substituents is 1. The Hall–Kier alpha value is -4.90. The van der Waals surface area contributed by atoms with E-state index in [1.165, 1.54) is 37.5 Å². The number of rotatable bonds is 9. The van der Waals surface area contributed by atoms with E-state index in [0.29, 0.717) is 22.7 Å². The Morgan fingerprint density at radius 2 is 1.79 bits per heavy atom. The number of halogens is 3. The predicted molar refractivity (Wildman–Crippen MR) is 142 cm³/mol. The van der Waals surface area contributed by atoms with Gasteiger partial charge in [-0.2, -0.15) is 8.42 Å². The van der Waals surface area contributed by atoms with Crippen molar-refractivity contribution in [1.82, 2.24) is 4.90 Å². The molecule has 0 aliphatic carbocycles. The number of hydrogen-bond acceptors (Lipinski definition) is 10. The van der Waals surface area contributed by atoms with Crippen LogP contribution in [0.3, 0.4) is 0 Å². The number of imide groups is 1. The summed E-state index contributed by atoms with van der Waals surface area (Å²) >= 11 is 0.465. The number of para-hydroxylation sites is 1. The van der Waals surface area contributed by atoms with Gasteiger partial charge in [-0.05, 0) is 53.7 Å². The van der Waals surface area contributed by atoms with Gasteiger partial charge in [0, 0.05) is 6.07 Å². The first kappa shape index (κ1) is 30.1. The van der Waals surface area contributed by atoms with E-state index in [-0.39, 0.29) is 22.0 Å². The van der Waals surface area contributed by atoms with Crippen molar-refractivity contribution in [3.05, 3.63) is 92.6 Å². The number of benzene rings is 3. The topological polar surface area (TPSA) is 162 Å². The highest BCUT2D eigenvalue weighted by atomic mass is 32.2. The Morgan fingerprint density at radius 1 is 1.07 bits per heavy atom. The number of hydrogen-bond donors (Lipinski definition) is 1. The van der Waals surface area contributed by atoms with Gasteiger partial charge in [-0.15, -0.1) is 0 Å². The molecule has 4 rings (SSSR count). The van der Waals surface area contributed by atoms with Crippen LogP contribution in [-0.2, 0) is 19.7 Å². The number of ether oxygens (including phenoxy) is 1. The molecular weight excluding hydrogens is 607 g/mol. The SMILES string of the molecule is COc1cc(/C=C2\SC(=O)N(CC(=O)Nc3ccc(F)c(F)c3F)C2=O)ccc1OS(=O)(=O)c1ccccc1[N+](=O)[O-]. The minimum Gasteiger partial charge on any atom is -0.493 e. The molecule has 3 amide bonds. The van der Waals surface area contributed by atoms with Crippen LogP contribution in [0.1, 0.15) is 5.56 Å². The Labute approximate surface area is 239 Å². The molecular formula is C25H16F3N3O9S2. The largest absolute Gasteiger partial charge is 0.493 e. The molecule has 1 aliphatic rings. The summed E-state index contributed by atoms with van der Waals surface area (Å²) in [5.74, 6) is -7.38. The summed E-state index contributed by atoms with van der Waals surface area (Å²) in [5.41, 5.74) is -1.16. The maximum absolute atomic E-state index is 13.8. The standard InChI is InChI=1S/C25H16F3N3O9S2/c1-39-18-10-13(6-9-17(18)40-42(37,38)20-5-3-2-4-16(20)31(35)36)11-19-24(33)30(25(34)41-19)12-21(32)29-15-8-7-14(26)22(27)23(15)28/h2-11H,12H2,1H3,(H,29,32)/b19-11-. The molecule has 1 saturated heterocycles. The molecule has 1 N–H and O–H groups in total. The zero-order chi connectivity index (χ0) is 30.8. The summed E-state index contributed by atoms with van der Waals surface area (Å²) in [6.45, 7) is -0.861. The van der Waals surface area contributed by atoms with Gasteiger partial charge in [-0.25, -0.2) is 13.2 Å². The fourth-order valence-corrected chi connectivity index (χ4v) is 5.51. The first-order chi connectivity index (χ1) is 19.8. The quantitative estimate of drug-likeness (QED) is 0.118. The second-order valence-corrected chi connectivity index (χ2v) is 10.7. The van der Waals surface area contributed by atoms with Crippen molar-refractivity contribution >= 4 is 56.4 Å². The predicted octanol–water partition coefficient (Wildman–Crippen LogP) is 4.46. The van der Waals surface area contributed by atoms with Crippen molar-refractivity contribution in [2.75, 3.05) is 19.0 Å². The molecule has 0 bridgehead atoms. The molecule has 0 spiro atoms. The molecule has 0 atom stereocenters. The van der Waals surface area contributed by atoms with Gasteiger partial charge < -0.3 is 14.2 Å². The summed E-state index contributed by atoms with van der Waals surface area (Å²) in [6, 6.07) is 9.64. The van der Waals surface area contributed by atoms with Crippen LogP contribution in [0.5, 0.6) is 11.5 Å². The van der Waals surface area contributed by atoms with Crippen LogP contribution in [0.2, 0.25) is 0 Å². The Bertz CT molecular complexity index is 1780. The van der Waals surface area contributed by atoms with Crippen LogP contribution in [0.4, 0.5) is 29.3 Å². The maximum atomic E-state index is 13.8. The summed E-state index contributed by atoms with van der Waals surface area (Å²) in [5, 5.41) is 12.3. The molecule has 218 valence electrons. The monoisotopic (exact) mass is 623 g/mol. The van der Waals surface area contributed by atoms with Gasteiger partial charge in [0.1, 0.15) is 6.54 Å². The minimum absolute atomic E-state index is 0.141. The highest BCUT2D eigenvalue weighted by molar-refractivity contribution is 8.18. The summed E-state index contributed by atoms with van der Waals surface area (Å²) in [4.78, 5) is 47.5. The van der Waals surface area contributed by atoms with E-state index in [9.17, 15) is 46.1 Å². The summed E-state index contributed by atoms with van der Waals surface area (Å²) in [6.07, 6.45) is 1.24. The van der Waals surface area contributed by atoms with Crippen molar-refractivity contribution in [2.45, 2.75) is 4.90 Å². The molecule has 42 heavy (non-hydrogen) atoms. The van der Waals surface area contributed by atoms with Crippen molar-refractivity contribution in [3.63, 3.8) is 0 Å². The van der Waals surface area contributed by atoms with Gasteiger partial charge in [0.15, 0.2) is 33.8 Å². The molecule has 0 aromatic heterocycles. The van der Waals surface area contributed by atoms with Crippen LogP contribution in [0, 0.1) is 27.6 Å². The van der Waals surface area contributed by atoms with E-state index in [0.717, 1.165) is 24.3 Å². The molecule has 1 aliphatic heterocycles. The fourth-order valence-electron chi connectivity index (χ4n) is 3.57. The Morgan fingerprint density at radius 3 is 2.48 bits per heavy atom. The van der Waals surface area contributed by atoms with Crippen LogP contribution < -0.4 is 14.2 Å². The zero-order valence-corrected chi connectivity index (χ0v) is 22.6. The fraction of sp³-hybridized carbons (Fsp3) is 0.0800. The van der Waals surface area contributed by atoms with Gasteiger partial charge in [0.05, 0.1) is 22.6 Å². The average Bonchev–Trinajstić information content (AvgIpc) is 3.21. The number of anilines is 1. The molecule has 1 fully saturated rings. The lowest BCUT2D eigenvalue weighted by Gasteiger charge is -2.13. The van der Waals surface area contributed by atoms with Crippen molar-refractivity contribution in [3.8, 4) is 11.5 Å². The summed E-state index contributed by atoms with van der Waals surface area (Å²) in [7, 11) is -3.48. The van der Waals surface area contributed by atoms with Gasteiger partial charge in [0.25, 0.3) is 16.8 Å². The van der Waals surface area contributed by atoms with Crippen LogP contribution in [0.15, 0.2) is 64.4 Å². The molecule has 17 heteroatoms. The van der Waals surface area contributed by atoms with E-state index in [4.69, 9.17) is 8.92 Å². The number of carbonyl (C=O) groups is 3. The Balaban J connectivity index is 1.51. The van der Waals surface area contributed by atoms with Gasteiger partial charge >= 0.3 is 10.1 Å². The highest BCUT2D eigenvalue weighted by Gasteiger charge is 2.36. The number of methoxy groups -OCH3 is 1. The molecule has 3 aromatic carbocycles. The normalized spacial score (nSPS) is 14.3. The number of nitro groups is 1. The third kappa shape index (κ3) is 6.21. The van der Waals surface area contributed by atoms with Gasteiger partial charge in [0.2, 0.25) is 5.91 Å².